The molecule has 0 radical (unpaired) electrons. The molecule has 36 heavy (non-hydrogen) atoms. The van der Waals surface area contributed by atoms with E-state index < -0.39 is 11.7 Å². The molecule has 1 aliphatic heterocycles. The summed E-state index contributed by atoms with van der Waals surface area (Å²) in [6, 6.07) is 14.6. The second kappa shape index (κ2) is 11.0. The number of hydrogen-bond donors (Lipinski definition) is 3. The van der Waals surface area contributed by atoms with Crippen LogP contribution in [0.1, 0.15) is 40.9 Å². The number of rotatable bonds is 8. The summed E-state index contributed by atoms with van der Waals surface area (Å²) in [5, 5.41) is 4.07. The zero-order chi connectivity index (χ0) is 25.7. The van der Waals surface area contributed by atoms with Gasteiger partial charge < -0.3 is 26.3 Å². The van der Waals surface area contributed by atoms with Crippen LogP contribution in [0.5, 0.6) is 0 Å². The van der Waals surface area contributed by atoms with Crippen molar-refractivity contribution in [1.29, 1.82) is 0 Å². The number of amides is 1. The average Bonchev–Trinajstić information content (AvgIpc) is 3.21. The molecule has 1 saturated heterocycles. The van der Waals surface area contributed by atoms with E-state index in [1.165, 1.54) is 12.1 Å². The Morgan fingerprint density at radius 1 is 1.06 bits per heavy atom. The highest BCUT2D eigenvalue weighted by Crippen LogP contribution is 2.29. The minimum absolute atomic E-state index is 0.0592. The third-order valence-corrected chi connectivity index (χ3v) is 6.51. The lowest BCUT2D eigenvalue weighted by atomic mass is 10.0. The number of guanidine groups is 1. The van der Waals surface area contributed by atoms with Crippen molar-refractivity contribution in [1.82, 2.24) is 14.8 Å². The highest BCUT2D eigenvalue weighted by molar-refractivity contribution is 5.99. The Kier molecular flexibility index (Phi) is 7.83. The van der Waals surface area contributed by atoms with Gasteiger partial charge in [0.25, 0.3) is 5.91 Å². The smallest absolute Gasteiger partial charge is 0.370 e. The topological polar surface area (TPSA) is 102 Å². The summed E-state index contributed by atoms with van der Waals surface area (Å²) in [6.45, 7) is 3.55. The van der Waals surface area contributed by atoms with Crippen molar-refractivity contribution >= 4 is 22.8 Å². The molecule has 2 heterocycles. The average molecular weight is 501 g/mol. The van der Waals surface area contributed by atoms with Gasteiger partial charge in [-0.25, -0.2) is 0 Å². The summed E-state index contributed by atoms with van der Waals surface area (Å²) in [6.07, 6.45) is -1.83. The van der Waals surface area contributed by atoms with Crippen molar-refractivity contribution in [2.24, 2.45) is 16.5 Å². The number of aromatic nitrogens is 1. The Morgan fingerprint density at radius 3 is 2.42 bits per heavy atom. The van der Waals surface area contributed by atoms with Gasteiger partial charge in [0, 0.05) is 43.1 Å². The number of benzene rings is 2. The predicted octanol–water partition coefficient (Wildman–Crippen LogP) is 3.57. The van der Waals surface area contributed by atoms with Crippen molar-refractivity contribution in [3.8, 4) is 0 Å². The van der Waals surface area contributed by atoms with Crippen LogP contribution >= 0.6 is 0 Å². The van der Waals surface area contributed by atoms with Crippen LogP contribution in [-0.2, 0) is 12.7 Å². The molecule has 0 spiro atoms. The Balaban J connectivity index is 1.42. The van der Waals surface area contributed by atoms with E-state index in [1.807, 2.05) is 34.9 Å². The maximum Gasteiger partial charge on any atom is 0.416 e. The lowest BCUT2D eigenvalue weighted by Crippen LogP contribution is -2.45. The van der Waals surface area contributed by atoms with Gasteiger partial charge in [0.1, 0.15) is 5.69 Å². The van der Waals surface area contributed by atoms with Crippen LogP contribution in [-0.4, -0.2) is 53.6 Å². The Bertz CT molecular complexity index is 1210. The molecule has 5 N–H and O–H groups in total. The van der Waals surface area contributed by atoms with Crippen LogP contribution in [0.3, 0.4) is 0 Å². The van der Waals surface area contributed by atoms with Gasteiger partial charge in [-0.15, -0.1) is 0 Å². The molecule has 0 atom stereocenters. The first-order chi connectivity index (χ1) is 17.2. The summed E-state index contributed by atoms with van der Waals surface area (Å²) < 4.78 is 40.7. The predicted molar refractivity (Wildman–Crippen MR) is 135 cm³/mol. The summed E-state index contributed by atoms with van der Waals surface area (Å²) in [5.74, 6) is -0.0727. The molecule has 1 amide bonds. The van der Waals surface area contributed by atoms with Crippen LogP contribution in [0.15, 0.2) is 59.6 Å². The monoisotopic (exact) mass is 500 g/mol. The van der Waals surface area contributed by atoms with Gasteiger partial charge in [-0.1, -0.05) is 30.3 Å². The number of carbonyl (C=O) groups is 1. The zero-order valence-electron chi connectivity index (χ0n) is 20.0. The maximum atomic E-state index is 13.3. The number of hydrogen-bond acceptors (Lipinski definition) is 3. The number of carbonyl (C=O) groups excluding carboxylic acids is 1. The standard InChI is InChI=1S/C26H31F3N6O/c27-26(28,29)20-8-6-18(7-9-20)17-35-22-5-2-1-4-19(22)16-23(35)24(36)33-21-10-14-34(15-11-21)13-3-12-32-25(30)31/h1-2,4-9,16,21H,3,10-15,17H2,(H,33,36)(H4,30,31,32). The second-order valence-electron chi connectivity index (χ2n) is 9.12. The minimum atomic E-state index is -4.38. The van der Waals surface area contributed by atoms with E-state index in [1.54, 1.807) is 0 Å². The molecule has 1 fully saturated rings. The number of likely N-dealkylation sites (tertiary alicyclic amines) is 1. The quantitative estimate of drug-likeness (QED) is 0.250. The lowest BCUT2D eigenvalue weighted by Gasteiger charge is -2.32. The van der Waals surface area contributed by atoms with Crippen molar-refractivity contribution in [2.45, 2.75) is 38.0 Å². The molecule has 4 rings (SSSR count). The van der Waals surface area contributed by atoms with Gasteiger partial charge in [-0.05, 0) is 55.6 Å². The van der Waals surface area contributed by atoms with Gasteiger partial charge in [-0.2, -0.15) is 13.2 Å². The molecular formula is C26H31F3N6O. The van der Waals surface area contributed by atoms with Gasteiger partial charge in [0.2, 0.25) is 0 Å². The number of halogens is 3. The first-order valence-electron chi connectivity index (χ1n) is 12.0. The molecule has 0 saturated carbocycles. The van der Waals surface area contributed by atoms with E-state index in [2.05, 4.69) is 15.2 Å². The highest BCUT2D eigenvalue weighted by Gasteiger charge is 2.30. The third kappa shape index (κ3) is 6.37. The Hall–Kier alpha value is -3.53. The Morgan fingerprint density at radius 2 is 1.75 bits per heavy atom. The second-order valence-corrected chi connectivity index (χ2v) is 9.12. The molecule has 3 aromatic rings. The number of fused-ring (bicyclic) bond motifs is 1. The molecule has 1 aliphatic rings. The number of nitrogens with two attached hydrogens (primary N) is 2. The van der Waals surface area contributed by atoms with Gasteiger partial charge in [0.05, 0.1) is 5.56 Å². The van der Waals surface area contributed by atoms with Crippen molar-refractivity contribution < 1.29 is 18.0 Å². The summed E-state index contributed by atoms with van der Waals surface area (Å²) in [7, 11) is 0. The van der Waals surface area contributed by atoms with Crippen LogP contribution < -0.4 is 16.8 Å². The zero-order valence-corrected chi connectivity index (χ0v) is 20.0. The molecule has 2 aromatic carbocycles. The number of nitrogens with one attached hydrogen (secondary N) is 1. The number of para-hydroxylation sites is 1. The van der Waals surface area contributed by atoms with E-state index in [9.17, 15) is 18.0 Å². The van der Waals surface area contributed by atoms with Crippen molar-refractivity contribution in [2.75, 3.05) is 26.2 Å². The van der Waals surface area contributed by atoms with E-state index in [0.717, 1.165) is 61.9 Å². The first kappa shape index (κ1) is 25.6. The maximum absolute atomic E-state index is 13.3. The van der Waals surface area contributed by atoms with Gasteiger partial charge >= 0.3 is 6.18 Å². The molecular weight excluding hydrogens is 469 g/mol. The fraction of sp³-hybridized carbons (Fsp3) is 0.385. The molecule has 10 heteroatoms. The van der Waals surface area contributed by atoms with Crippen molar-refractivity contribution in [3.05, 3.63) is 71.4 Å². The molecule has 1 aromatic heterocycles. The summed E-state index contributed by atoms with van der Waals surface area (Å²) >= 11 is 0. The first-order valence-corrected chi connectivity index (χ1v) is 12.0. The number of aliphatic imine (C=N–C) groups is 1. The Labute approximate surface area is 208 Å². The molecule has 0 bridgehead atoms. The largest absolute Gasteiger partial charge is 0.416 e. The number of nitrogens with zero attached hydrogens (tertiary/aromatic N) is 3. The molecule has 0 unspecified atom stereocenters. The van der Waals surface area contributed by atoms with Crippen LogP contribution in [0, 0.1) is 0 Å². The van der Waals surface area contributed by atoms with Crippen molar-refractivity contribution in [3.63, 3.8) is 0 Å². The molecule has 192 valence electrons. The van der Waals surface area contributed by atoms with Gasteiger partial charge in [-0.3, -0.25) is 9.79 Å². The third-order valence-electron chi connectivity index (χ3n) is 6.51. The SMILES string of the molecule is NC(N)=NCCCN1CCC(NC(=O)c2cc3ccccc3n2Cc2ccc(C(F)(F)F)cc2)CC1. The van der Waals surface area contributed by atoms with E-state index in [0.29, 0.717) is 24.3 Å². The number of alkyl halides is 3. The van der Waals surface area contributed by atoms with Crippen LogP contribution in [0.2, 0.25) is 0 Å². The van der Waals surface area contributed by atoms with Gasteiger partial charge in [0.15, 0.2) is 5.96 Å². The van der Waals surface area contributed by atoms with E-state index in [4.69, 9.17) is 11.5 Å². The summed E-state index contributed by atoms with van der Waals surface area (Å²) in [4.78, 5) is 19.6. The number of piperidine rings is 1. The van der Waals surface area contributed by atoms with E-state index >= 15 is 0 Å². The fourth-order valence-electron chi connectivity index (χ4n) is 4.61. The van der Waals surface area contributed by atoms with Crippen LogP contribution in [0.4, 0.5) is 13.2 Å². The van der Waals surface area contributed by atoms with Crippen LogP contribution in [0.25, 0.3) is 10.9 Å². The lowest BCUT2D eigenvalue weighted by molar-refractivity contribution is -0.137. The molecule has 7 nitrogen and oxygen atoms in total. The minimum Gasteiger partial charge on any atom is -0.370 e. The normalized spacial score (nSPS) is 15.2. The fourth-order valence-corrected chi connectivity index (χ4v) is 4.61. The molecule has 0 aliphatic carbocycles. The van der Waals surface area contributed by atoms with E-state index in [-0.39, 0.29) is 17.9 Å². The highest BCUT2D eigenvalue weighted by atomic mass is 19.4. The summed E-state index contributed by atoms with van der Waals surface area (Å²) in [5.41, 5.74) is 12.1.